The van der Waals surface area contributed by atoms with Crippen LogP contribution in [0.15, 0.2) is 78.1 Å². The number of aromatic nitrogens is 3. The summed E-state index contributed by atoms with van der Waals surface area (Å²) in [7, 11) is 0. The van der Waals surface area contributed by atoms with E-state index in [1.165, 1.54) is 31.5 Å². The number of nitrogens with zero attached hydrogens (tertiary/aromatic N) is 4. The van der Waals surface area contributed by atoms with Crippen molar-refractivity contribution >= 4 is 28.8 Å². The molecule has 0 atom stereocenters. The summed E-state index contributed by atoms with van der Waals surface area (Å²) in [6.07, 6.45) is 5.41. The molecule has 180 valence electrons. The Balaban J connectivity index is 1.22. The van der Waals surface area contributed by atoms with Gasteiger partial charge >= 0.3 is 0 Å². The first-order chi connectivity index (χ1) is 17.3. The van der Waals surface area contributed by atoms with Gasteiger partial charge in [0.15, 0.2) is 10.8 Å². The fourth-order valence-corrected chi connectivity index (χ4v) is 5.43. The van der Waals surface area contributed by atoms with Crippen LogP contribution < -0.4 is 5.32 Å². The molecule has 0 saturated carbocycles. The molecule has 1 aliphatic heterocycles. The zero-order valence-electron chi connectivity index (χ0n) is 19.9. The van der Waals surface area contributed by atoms with E-state index in [1.54, 1.807) is 11.8 Å². The number of amides is 1. The van der Waals surface area contributed by atoms with Crippen molar-refractivity contribution in [2.24, 2.45) is 0 Å². The van der Waals surface area contributed by atoms with E-state index in [0.717, 1.165) is 40.6 Å². The summed E-state index contributed by atoms with van der Waals surface area (Å²) < 4.78 is 2.16. The van der Waals surface area contributed by atoms with Crippen LogP contribution in [0.25, 0.3) is 11.2 Å². The van der Waals surface area contributed by atoms with Crippen LogP contribution in [0.3, 0.4) is 0 Å². The Morgan fingerprint density at radius 2 is 1.74 bits per heavy atom. The molecule has 0 radical (unpaired) electrons. The van der Waals surface area contributed by atoms with Crippen molar-refractivity contribution in [3.05, 3.63) is 89.6 Å². The summed E-state index contributed by atoms with van der Waals surface area (Å²) in [5, 5.41) is 4.01. The summed E-state index contributed by atoms with van der Waals surface area (Å²) >= 11 is 1.72. The molecule has 6 nitrogen and oxygen atoms in total. The van der Waals surface area contributed by atoms with E-state index in [9.17, 15) is 4.79 Å². The monoisotopic (exact) mass is 485 g/mol. The van der Waals surface area contributed by atoms with E-state index < -0.39 is 0 Å². The minimum absolute atomic E-state index is 0.00757. The topological polar surface area (TPSA) is 63.1 Å². The lowest BCUT2D eigenvalue weighted by Gasteiger charge is -2.14. The maximum atomic E-state index is 12.6. The first-order valence-corrected chi connectivity index (χ1v) is 13.3. The number of carbonyl (C=O) groups excluding carboxylic acids is 1. The fraction of sp³-hybridized carbons (Fsp3) is 0.321. The second-order valence-electron chi connectivity index (χ2n) is 8.96. The van der Waals surface area contributed by atoms with Gasteiger partial charge in [0.25, 0.3) is 5.91 Å². The van der Waals surface area contributed by atoms with E-state index in [-0.39, 0.29) is 5.91 Å². The number of rotatable bonds is 10. The van der Waals surface area contributed by atoms with Gasteiger partial charge in [-0.05, 0) is 74.3 Å². The van der Waals surface area contributed by atoms with Crippen LogP contribution >= 0.6 is 11.8 Å². The molecule has 0 spiro atoms. The minimum atomic E-state index is -0.00757. The quantitative estimate of drug-likeness (QED) is 0.253. The molecular weight excluding hydrogens is 454 g/mol. The molecule has 5 rings (SSSR count). The minimum Gasteiger partial charge on any atom is -0.352 e. The van der Waals surface area contributed by atoms with E-state index in [1.807, 2.05) is 48.7 Å². The van der Waals surface area contributed by atoms with Crippen LogP contribution in [0.4, 0.5) is 0 Å². The van der Waals surface area contributed by atoms with E-state index in [0.29, 0.717) is 18.7 Å². The van der Waals surface area contributed by atoms with E-state index in [4.69, 9.17) is 4.98 Å². The third kappa shape index (κ3) is 6.10. The van der Waals surface area contributed by atoms with Gasteiger partial charge in [-0.25, -0.2) is 9.97 Å². The Bertz CT molecular complexity index is 1250. The molecule has 1 aliphatic rings. The predicted molar refractivity (Wildman–Crippen MR) is 142 cm³/mol. The average Bonchev–Trinajstić information content (AvgIpc) is 3.54. The third-order valence-corrected chi connectivity index (χ3v) is 7.42. The van der Waals surface area contributed by atoms with Crippen molar-refractivity contribution in [1.29, 1.82) is 0 Å². The largest absolute Gasteiger partial charge is 0.352 e. The number of fused-ring (bicyclic) bond motifs is 1. The molecule has 0 unspecified atom stereocenters. The summed E-state index contributed by atoms with van der Waals surface area (Å²) in [5.74, 6) is 0.841. The summed E-state index contributed by atoms with van der Waals surface area (Å²) in [6.45, 7) is 4.83. The molecule has 7 heteroatoms. The van der Waals surface area contributed by atoms with Crippen molar-refractivity contribution in [1.82, 2.24) is 24.8 Å². The molecule has 4 aromatic rings. The maximum absolute atomic E-state index is 12.6. The normalized spacial score (nSPS) is 13.9. The number of likely N-dealkylation sites (tertiary alicyclic amines) is 1. The summed E-state index contributed by atoms with van der Waals surface area (Å²) in [4.78, 5) is 24.5. The SMILES string of the molecule is O=C(NCCCN1CCCC1)c1ccc(Cn2c(SCc3ccccc3)nc3cccnc32)cc1. The molecule has 0 bridgehead atoms. The molecule has 1 N–H and O–H groups in total. The lowest BCUT2D eigenvalue weighted by atomic mass is 10.1. The lowest BCUT2D eigenvalue weighted by Crippen LogP contribution is -2.28. The first-order valence-electron chi connectivity index (χ1n) is 12.3. The number of nitrogens with one attached hydrogen (secondary N) is 1. The fourth-order valence-electron chi connectivity index (χ4n) is 4.47. The van der Waals surface area contributed by atoms with Gasteiger partial charge in [0.1, 0.15) is 5.52 Å². The second-order valence-corrected chi connectivity index (χ2v) is 9.90. The number of imidazole rings is 1. The van der Waals surface area contributed by atoms with Crippen molar-refractivity contribution in [2.75, 3.05) is 26.2 Å². The number of benzene rings is 2. The van der Waals surface area contributed by atoms with Gasteiger partial charge in [0, 0.05) is 24.1 Å². The molecule has 35 heavy (non-hydrogen) atoms. The maximum Gasteiger partial charge on any atom is 0.251 e. The Labute approximate surface area is 210 Å². The summed E-state index contributed by atoms with van der Waals surface area (Å²) in [5.41, 5.74) is 4.85. The van der Waals surface area contributed by atoms with Gasteiger partial charge in [-0.1, -0.05) is 54.2 Å². The molecule has 3 heterocycles. The van der Waals surface area contributed by atoms with Gasteiger partial charge in [-0.3, -0.25) is 9.36 Å². The highest BCUT2D eigenvalue weighted by atomic mass is 32.2. The van der Waals surface area contributed by atoms with Gasteiger partial charge in [0.2, 0.25) is 0 Å². The van der Waals surface area contributed by atoms with Gasteiger partial charge in [-0.15, -0.1) is 0 Å². The predicted octanol–water partition coefficient (Wildman–Crippen LogP) is 4.99. The second kappa shape index (κ2) is 11.5. The highest BCUT2D eigenvalue weighted by Gasteiger charge is 2.14. The van der Waals surface area contributed by atoms with E-state index >= 15 is 0 Å². The lowest BCUT2D eigenvalue weighted by molar-refractivity contribution is 0.0952. The van der Waals surface area contributed by atoms with Gasteiger partial charge in [0.05, 0.1) is 6.54 Å². The standard InChI is InChI=1S/C28H31N5OS/c34-27(30-16-7-19-32-17-4-5-18-32)24-13-11-22(12-14-24)20-33-26-25(10-6-15-29-26)31-28(33)35-21-23-8-2-1-3-9-23/h1-3,6,8-15H,4-5,7,16-21H2,(H,30,34). The van der Waals surface area contributed by atoms with Crippen LogP contribution in [0.2, 0.25) is 0 Å². The first kappa shape index (κ1) is 23.6. The van der Waals surface area contributed by atoms with Crippen LogP contribution in [-0.2, 0) is 12.3 Å². The Morgan fingerprint density at radius 3 is 2.54 bits per heavy atom. The number of hydrogen-bond acceptors (Lipinski definition) is 5. The zero-order chi connectivity index (χ0) is 23.9. The molecule has 1 saturated heterocycles. The molecule has 0 aliphatic carbocycles. The van der Waals surface area contributed by atoms with Crippen molar-refractivity contribution in [3.8, 4) is 0 Å². The van der Waals surface area contributed by atoms with Gasteiger partial charge < -0.3 is 10.2 Å². The van der Waals surface area contributed by atoms with Crippen LogP contribution in [0.5, 0.6) is 0 Å². The number of thioether (sulfide) groups is 1. The number of pyridine rings is 1. The van der Waals surface area contributed by atoms with Crippen LogP contribution in [0.1, 0.15) is 40.7 Å². The Hall–Kier alpha value is -3.16. The molecule has 1 amide bonds. The van der Waals surface area contributed by atoms with Crippen LogP contribution in [0, 0.1) is 0 Å². The van der Waals surface area contributed by atoms with Crippen LogP contribution in [-0.4, -0.2) is 51.5 Å². The molecular formula is C28H31N5OS. The van der Waals surface area contributed by atoms with Crippen molar-refractivity contribution < 1.29 is 4.79 Å². The smallest absolute Gasteiger partial charge is 0.251 e. The molecule has 2 aromatic heterocycles. The van der Waals surface area contributed by atoms with Gasteiger partial charge in [-0.2, -0.15) is 0 Å². The number of hydrogen-bond donors (Lipinski definition) is 1. The number of carbonyl (C=O) groups is 1. The van der Waals surface area contributed by atoms with E-state index in [2.05, 4.69) is 44.0 Å². The summed E-state index contributed by atoms with van der Waals surface area (Å²) in [6, 6.07) is 22.2. The highest BCUT2D eigenvalue weighted by molar-refractivity contribution is 7.98. The average molecular weight is 486 g/mol. The highest BCUT2D eigenvalue weighted by Crippen LogP contribution is 2.27. The Morgan fingerprint density at radius 1 is 0.943 bits per heavy atom. The third-order valence-electron chi connectivity index (χ3n) is 6.37. The molecule has 1 fully saturated rings. The van der Waals surface area contributed by atoms with Crippen molar-refractivity contribution in [3.63, 3.8) is 0 Å². The zero-order valence-corrected chi connectivity index (χ0v) is 20.7. The van der Waals surface area contributed by atoms with Crippen molar-refractivity contribution in [2.45, 2.75) is 36.7 Å². The Kier molecular flexibility index (Phi) is 7.75. The molecule has 2 aromatic carbocycles.